The lowest BCUT2D eigenvalue weighted by atomic mass is 10.1. The normalized spacial score (nSPS) is 10.9. The van der Waals surface area contributed by atoms with Crippen molar-refractivity contribution in [1.82, 2.24) is 10.6 Å². The number of carbonyl (C=O) groups excluding carboxylic acids is 2. The third-order valence-corrected chi connectivity index (χ3v) is 3.34. The fourth-order valence-corrected chi connectivity index (χ4v) is 2.10. The molecular formula is C18H17N3O4. The number of imide groups is 1. The molecule has 0 aliphatic heterocycles. The third kappa shape index (κ3) is 4.48. The van der Waals surface area contributed by atoms with E-state index in [9.17, 15) is 9.59 Å². The molecule has 1 atom stereocenters. The first-order valence-electron chi connectivity index (χ1n) is 7.41. The van der Waals surface area contributed by atoms with Crippen LogP contribution in [0.1, 0.15) is 17.2 Å². The number of nitrogens with zero attached hydrogens (tertiary/aromatic N) is 1. The quantitative estimate of drug-likeness (QED) is 0.869. The van der Waals surface area contributed by atoms with Crippen LogP contribution in [0, 0.1) is 11.3 Å². The van der Waals surface area contributed by atoms with Crippen molar-refractivity contribution in [2.24, 2.45) is 0 Å². The summed E-state index contributed by atoms with van der Waals surface area (Å²) < 4.78 is 11.0. The van der Waals surface area contributed by atoms with Gasteiger partial charge in [-0.1, -0.05) is 30.3 Å². The van der Waals surface area contributed by atoms with E-state index in [-0.39, 0.29) is 5.75 Å². The van der Waals surface area contributed by atoms with Gasteiger partial charge in [0.25, 0.3) is 5.91 Å². The number of methoxy groups -OCH3 is 1. The molecule has 0 aliphatic carbocycles. The molecule has 7 heteroatoms. The zero-order chi connectivity index (χ0) is 18.2. The minimum absolute atomic E-state index is 0.280. The first-order valence-corrected chi connectivity index (χ1v) is 7.41. The average Bonchev–Trinajstić information content (AvgIpc) is 2.66. The lowest BCUT2D eigenvalue weighted by Gasteiger charge is -2.20. The van der Waals surface area contributed by atoms with E-state index in [1.165, 1.54) is 20.2 Å². The zero-order valence-corrected chi connectivity index (χ0v) is 13.8. The van der Waals surface area contributed by atoms with Crippen LogP contribution < -0.4 is 20.1 Å². The first kappa shape index (κ1) is 17.8. The zero-order valence-electron chi connectivity index (χ0n) is 13.8. The number of nitrogens with one attached hydrogen (secondary N) is 2. The predicted molar refractivity (Wildman–Crippen MR) is 90.1 cm³/mol. The van der Waals surface area contributed by atoms with Crippen molar-refractivity contribution < 1.29 is 19.1 Å². The van der Waals surface area contributed by atoms with Crippen LogP contribution in [-0.2, 0) is 4.79 Å². The summed E-state index contributed by atoms with van der Waals surface area (Å²) in [6.45, 7) is 0. The highest BCUT2D eigenvalue weighted by molar-refractivity contribution is 5.97. The van der Waals surface area contributed by atoms with E-state index < -0.39 is 18.0 Å². The Morgan fingerprint density at radius 2 is 1.84 bits per heavy atom. The van der Waals surface area contributed by atoms with Crippen LogP contribution in [0.4, 0.5) is 4.79 Å². The maximum absolute atomic E-state index is 12.4. The highest BCUT2D eigenvalue weighted by Gasteiger charge is 2.25. The van der Waals surface area contributed by atoms with E-state index >= 15 is 0 Å². The van der Waals surface area contributed by atoms with Crippen molar-refractivity contribution in [3.63, 3.8) is 0 Å². The Balaban J connectivity index is 2.35. The van der Waals surface area contributed by atoms with Gasteiger partial charge in [-0.05, 0) is 12.1 Å². The number of hydrogen-bond acceptors (Lipinski definition) is 5. The van der Waals surface area contributed by atoms with Gasteiger partial charge in [-0.3, -0.25) is 10.1 Å². The Morgan fingerprint density at radius 3 is 2.44 bits per heavy atom. The molecule has 0 heterocycles. The summed E-state index contributed by atoms with van der Waals surface area (Å²) in [4.78, 5) is 23.9. The van der Waals surface area contributed by atoms with Crippen molar-refractivity contribution in [3.05, 3.63) is 59.7 Å². The van der Waals surface area contributed by atoms with Gasteiger partial charge in [0.2, 0.25) is 6.10 Å². The fourth-order valence-electron chi connectivity index (χ4n) is 2.10. The molecule has 2 aromatic rings. The summed E-state index contributed by atoms with van der Waals surface area (Å²) in [5, 5.41) is 13.5. The second kappa shape index (κ2) is 8.36. The molecule has 2 aromatic carbocycles. The maximum Gasteiger partial charge on any atom is 0.321 e. The molecule has 2 rings (SSSR count). The van der Waals surface area contributed by atoms with Crippen molar-refractivity contribution in [1.29, 1.82) is 5.26 Å². The number of hydrogen-bond donors (Lipinski definition) is 2. The lowest BCUT2D eigenvalue weighted by Crippen LogP contribution is -2.41. The molecule has 3 amide bonds. The number of nitriles is 1. The van der Waals surface area contributed by atoms with Crippen LogP contribution in [0.2, 0.25) is 0 Å². The minimum atomic E-state index is -1.07. The van der Waals surface area contributed by atoms with Crippen LogP contribution in [0.3, 0.4) is 0 Å². The van der Waals surface area contributed by atoms with Crippen LogP contribution in [0.5, 0.6) is 11.5 Å². The molecule has 0 saturated carbocycles. The predicted octanol–water partition coefficient (Wildman–Crippen LogP) is 2.14. The van der Waals surface area contributed by atoms with Crippen molar-refractivity contribution in [2.75, 3.05) is 14.2 Å². The SMILES string of the molecule is CNC(=O)NC(=O)[C@@H](Oc1ccc(C#N)cc1OC)c1ccccc1. The summed E-state index contributed by atoms with van der Waals surface area (Å²) in [5.74, 6) is -0.0351. The monoisotopic (exact) mass is 339 g/mol. The van der Waals surface area contributed by atoms with Gasteiger partial charge in [-0.15, -0.1) is 0 Å². The number of amides is 3. The minimum Gasteiger partial charge on any atom is -0.493 e. The van der Waals surface area contributed by atoms with E-state index in [0.29, 0.717) is 16.9 Å². The van der Waals surface area contributed by atoms with Gasteiger partial charge >= 0.3 is 6.03 Å². The van der Waals surface area contributed by atoms with Gasteiger partial charge in [-0.25, -0.2) is 4.79 Å². The molecule has 0 spiro atoms. The summed E-state index contributed by atoms with van der Waals surface area (Å²) in [6, 6.07) is 14.7. The van der Waals surface area contributed by atoms with Crippen LogP contribution in [0.25, 0.3) is 0 Å². The Hall–Kier alpha value is -3.53. The molecule has 0 saturated heterocycles. The van der Waals surface area contributed by atoms with Gasteiger partial charge < -0.3 is 14.8 Å². The summed E-state index contributed by atoms with van der Waals surface area (Å²) in [7, 11) is 2.84. The summed E-state index contributed by atoms with van der Waals surface area (Å²) >= 11 is 0. The second-order valence-corrected chi connectivity index (χ2v) is 4.95. The molecule has 2 N–H and O–H groups in total. The van der Waals surface area contributed by atoms with Crippen LogP contribution in [-0.4, -0.2) is 26.1 Å². The number of ether oxygens (including phenoxy) is 2. The molecule has 0 aliphatic rings. The lowest BCUT2D eigenvalue weighted by molar-refractivity contribution is -0.127. The Morgan fingerprint density at radius 1 is 1.12 bits per heavy atom. The van der Waals surface area contributed by atoms with E-state index in [1.54, 1.807) is 42.5 Å². The largest absolute Gasteiger partial charge is 0.493 e. The van der Waals surface area contributed by atoms with Crippen molar-refractivity contribution in [2.45, 2.75) is 6.10 Å². The molecule has 0 aromatic heterocycles. The number of carbonyl (C=O) groups is 2. The number of urea groups is 1. The molecule has 25 heavy (non-hydrogen) atoms. The summed E-state index contributed by atoms with van der Waals surface area (Å²) in [6.07, 6.45) is -1.07. The van der Waals surface area contributed by atoms with E-state index in [1.807, 2.05) is 6.07 Å². The Kier molecular flexibility index (Phi) is 5.96. The molecule has 0 fully saturated rings. The van der Waals surface area contributed by atoms with Gasteiger partial charge in [0.15, 0.2) is 11.5 Å². The molecule has 0 radical (unpaired) electrons. The fraction of sp³-hybridized carbons (Fsp3) is 0.167. The molecule has 7 nitrogen and oxygen atoms in total. The Labute approximate surface area is 145 Å². The third-order valence-electron chi connectivity index (χ3n) is 3.34. The molecule has 0 unspecified atom stereocenters. The van der Waals surface area contributed by atoms with E-state index in [0.717, 1.165) is 0 Å². The van der Waals surface area contributed by atoms with Crippen molar-refractivity contribution in [3.8, 4) is 17.6 Å². The molecular weight excluding hydrogens is 322 g/mol. The highest BCUT2D eigenvalue weighted by atomic mass is 16.5. The second-order valence-electron chi connectivity index (χ2n) is 4.95. The average molecular weight is 339 g/mol. The maximum atomic E-state index is 12.4. The Bertz CT molecular complexity index is 800. The topological polar surface area (TPSA) is 100 Å². The first-order chi connectivity index (χ1) is 12.1. The van der Waals surface area contributed by atoms with Crippen LogP contribution in [0.15, 0.2) is 48.5 Å². The molecule has 0 bridgehead atoms. The van der Waals surface area contributed by atoms with E-state index in [4.69, 9.17) is 14.7 Å². The molecule has 128 valence electrons. The number of rotatable bonds is 5. The van der Waals surface area contributed by atoms with Gasteiger partial charge in [0.1, 0.15) is 0 Å². The standard InChI is InChI=1S/C18H17N3O4/c1-20-18(23)21-17(22)16(13-6-4-3-5-7-13)25-14-9-8-12(11-19)10-15(14)24-2/h3-10,16H,1-2H3,(H2,20,21,22,23)/t16-/m0/s1. The van der Waals surface area contributed by atoms with Crippen LogP contribution >= 0.6 is 0 Å². The summed E-state index contributed by atoms with van der Waals surface area (Å²) in [5.41, 5.74) is 0.964. The smallest absolute Gasteiger partial charge is 0.321 e. The van der Waals surface area contributed by atoms with Gasteiger partial charge in [0, 0.05) is 18.7 Å². The van der Waals surface area contributed by atoms with Gasteiger partial charge in [0.05, 0.1) is 18.7 Å². The highest BCUT2D eigenvalue weighted by Crippen LogP contribution is 2.32. The van der Waals surface area contributed by atoms with E-state index in [2.05, 4.69) is 10.6 Å². The van der Waals surface area contributed by atoms with Gasteiger partial charge in [-0.2, -0.15) is 5.26 Å². The van der Waals surface area contributed by atoms with Crippen molar-refractivity contribution >= 4 is 11.9 Å². The number of benzene rings is 2.